The molecule has 2 aromatic carbocycles. The van der Waals surface area contributed by atoms with Gasteiger partial charge in [0, 0.05) is 35.8 Å². The third kappa shape index (κ3) is 11.2. The van der Waals surface area contributed by atoms with Gasteiger partial charge in [0.1, 0.15) is 11.5 Å². The van der Waals surface area contributed by atoms with Crippen LogP contribution in [0.3, 0.4) is 0 Å². The molecule has 262 valence electrons. The number of aromatic amines is 1. The summed E-state index contributed by atoms with van der Waals surface area (Å²) in [6.45, 7) is 19.5. The fraction of sp³-hybridized carbons (Fsp3) is 0.486. The topological polar surface area (TPSA) is 153 Å². The average molecular weight is 681 g/mol. The monoisotopic (exact) mass is 680 g/mol. The van der Waals surface area contributed by atoms with E-state index < -0.39 is 0 Å². The highest BCUT2D eigenvalue weighted by molar-refractivity contribution is 6.30. The van der Waals surface area contributed by atoms with Gasteiger partial charge in [-0.25, -0.2) is 9.18 Å². The van der Waals surface area contributed by atoms with E-state index >= 15 is 0 Å². The molecule has 2 aromatic heterocycles. The van der Waals surface area contributed by atoms with E-state index in [1.165, 1.54) is 0 Å². The third-order valence-electron chi connectivity index (χ3n) is 8.20. The first-order valence-corrected chi connectivity index (χ1v) is 16.9. The minimum atomic E-state index is -0.301. The van der Waals surface area contributed by atoms with Gasteiger partial charge in [-0.1, -0.05) is 85.2 Å². The molecular formula is C37H54ClFN8O. The molecule has 0 radical (unpaired) electrons. The number of guanidine groups is 1. The van der Waals surface area contributed by atoms with E-state index in [4.69, 9.17) is 28.8 Å². The van der Waals surface area contributed by atoms with Crippen molar-refractivity contribution in [1.82, 2.24) is 19.9 Å². The minimum absolute atomic E-state index is 0.0352. The SMILES string of the molecule is CC(C)(C)c1cc2cn(-c3ccc(CNCCCN=C(N)N)cc3)c(=O)nc2[nH]1.CC(C)(CN)CCc1cc(Cl)c(F)c(C(C)(C)C)c1. The summed E-state index contributed by atoms with van der Waals surface area (Å²) in [6, 6.07) is 13.6. The Labute approximate surface area is 289 Å². The first-order valence-electron chi connectivity index (χ1n) is 16.5. The van der Waals surface area contributed by atoms with Crippen molar-refractivity contribution in [2.45, 2.75) is 92.0 Å². The zero-order valence-corrected chi connectivity index (χ0v) is 30.6. The molecule has 0 fully saturated rings. The van der Waals surface area contributed by atoms with Gasteiger partial charge < -0.3 is 27.5 Å². The van der Waals surface area contributed by atoms with Crippen LogP contribution in [0.2, 0.25) is 5.02 Å². The highest BCUT2D eigenvalue weighted by Gasteiger charge is 2.22. The van der Waals surface area contributed by atoms with Crippen LogP contribution in [0.15, 0.2) is 58.4 Å². The highest BCUT2D eigenvalue weighted by Crippen LogP contribution is 2.32. The number of aliphatic imine (C=N–C) groups is 1. The summed E-state index contributed by atoms with van der Waals surface area (Å²) in [7, 11) is 0. The first kappa shape index (κ1) is 38.7. The molecule has 0 amide bonds. The van der Waals surface area contributed by atoms with E-state index in [1.807, 2.05) is 57.3 Å². The first-order chi connectivity index (χ1) is 22.3. The van der Waals surface area contributed by atoms with Crippen LogP contribution in [0.4, 0.5) is 4.39 Å². The maximum absolute atomic E-state index is 14.1. The van der Waals surface area contributed by atoms with Crippen molar-refractivity contribution in [3.8, 4) is 5.69 Å². The quantitative estimate of drug-likeness (QED) is 0.0696. The largest absolute Gasteiger partial charge is 0.370 e. The van der Waals surface area contributed by atoms with Crippen molar-refractivity contribution in [1.29, 1.82) is 0 Å². The molecule has 0 saturated carbocycles. The molecule has 9 nitrogen and oxygen atoms in total. The zero-order valence-electron chi connectivity index (χ0n) is 29.8. The van der Waals surface area contributed by atoms with Crippen LogP contribution in [0.25, 0.3) is 16.7 Å². The fourth-order valence-corrected chi connectivity index (χ4v) is 5.16. The number of nitrogens with one attached hydrogen (secondary N) is 2. The van der Waals surface area contributed by atoms with Crippen molar-refractivity contribution in [3.63, 3.8) is 0 Å². The number of aromatic nitrogens is 3. The molecule has 0 aliphatic rings. The molecule has 48 heavy (non-hydrogen) atoms. The van der Waals surface area contributed by atoms with Crippen molar-refractivity contribution in [3.05, 3.63) is 92.4 Å². The van der Waals surface area contributed by atoms with E-state index in [1.54, 1.807) is 10.6 Å². The van der Waals surface area contributed by atoms with E-state index in [9.17, 15) is 9.18 Å². The standard InChI is InChI=1S/C21H29N7O.C16H25ClFN/c1-21(2,3)17-11-15-13-28(20(29)27-18(15)26-17)16-7-5-14(6-8-16)12-24-9-4-10-25-19(22)23;1-15(2,3)12-8-11(9-13(17)14(12)18)6-7-16(4,5)10-19/h5-8,11,13,24H,4,9-10,12H2,1-3H3,(H4,22,23,25)(H,26,27,29);8-9H,6-7,10,19H2,1-5H3. The maximum atomic E-state index is 14.1. The van der Waals surface area contributed by atoms with Crippen LogP contribution in [0, 0.1) is 11.2 Å². The molecule has 11 heteroatoms. The predicted octanol–water partition coefficient (Wildman–Crippen LogP) is 6.46. The number of aryl methyl sites for hydroxylation is 1. The lowest BCUT2D eigenvalue weighted by Gasteiger charge is -2.24. The Balaban J connectivity index is 0.000000286. The van der Waals surface area contributed by atoms with Crippen LogP contribution in [0.5, 0.6) is 0 Å². The van der Waals surface area contributed by atoms with Gasteiger partial charge in [-0.15, -0.1) is 0 Å². The third-order valence-corrected chi connectivity index (χ3v) is 8.48. The number of fused-ring (bicyclic) bond motifs is 1. The van der Waals surface area contributed by atoms with Crippen molar-refractivity contribution in [2.75, 3.05) is 19.6 Å². The number of benzene rings is 2. The molecule has 2 heterocycles. The van der Waals surface area contributed by atoms with Crippen LogP contribution in [0.1, 0.15) is 90.6 Å². The maximum Gasteiger partial charge on any atom is 0.354 e. The summed E-state index contributed by atoms with van der Waals surface area (Å²) < 4.78 is 15.6. The minimum Gasteiger partial charge on any atom is -0.370 e. The summed E-state index contributed by atoms with van der Waals surface area (Å²) in [5.41, 5.74) is 21.2. The summed E-state index contributed by atoms with van der Waals surface area (Å²) in [5, 5.41) is 4.48. The van der Waals surface area contributed by atoms with Gasteiger partial charge in [0.25, 0.3) is 0 Å². The van der Waals surface area contributed by atoms with Gasteiger partial charge >= 0.3 is 5.69 Å². The van der Waals surface area contributed by atoms with Crippen molar-refractivity contribution < 1.29 is 4.39 Å². The Morgan fingerprint density at radius 3 is 2.25 bits per heavy atom. The molecule has 0 saturated heterocycles. The normalized spacial score (nSPS) is 12.1. The molecule has 0 atom stereocenters. The predicted molar refractivity (Wildman–Crippen MR) is 199 cm³/mol. The Kier molecular flexibility index (Phi) is 13.0. The molecule has 0 aliphatic heterocycles. The number of hydrogen-bond donors (Lipinski definition) is 5. The van der Waals surface area contributed by atoms with Crippen LogP contribution in [-0.2, 0) is 23.8 Å². The van der Waals surface area contributed by atoms with Gasteiger partial charge in [0.15, 0.2) is 5.96 Å². The van der Waals surface area contributed by atoms with Crippen LogP contribution < -0.4 is 28.2 Å². The molecule has 4 aromatic rings. The molecule has 0 spiro atoms. The lowest BCUT2D eigenvalue weighted by molar-refractivity contribution is 0.347. The Bertz CT molecular complexity index is 1740. The van der Waals surface area contributed by atoms with Crippen molar-refractivity contribution in [2.24, 2.45) is 27.6 Å². The molecule has 4 rings (SSSR count). The van der Waals surface area contributed by atoms with E-state index in [0.717, 1.165) is 60.2 Å². The lowest BCUT2D eigenvalue weighted by Crippen LogP contribution is -2.24. The molecule has 0 bridgehead atoms. The second-order valence-electron chi connectivity index (χ2n) is 15.2. The lowest BCUT2D eigenvalue weighted by atomic mass is 9.83. The second kappa shape index (κ2) is 16.1. The molecule has 8 N–H and O–H groups in total. The molecule has 0 unspecified atom stereocenters. The average Bonchev–Trinajstić information content (AvgIpc) is 3.43. The van der Waals surface area contributed by atoms with Gasteiger partial charge in [0.05, 0.1) is 10.7 Å². The van der Waals surface area contributed by atoms with E-state index in [2.05, 4.69) is 61.0 Å². The van der Waals surface area contributed by atoms with Crippen LogP contribution >= 0.6 is 11.6 Å². The van der Waals surface area contributed by atoms with Gasteiger partial charge in [-0.05, 0) is 84.1 Å². The summed E-state index contributed by atoms with van der Waals surface area (Å²) in [6.07, 6.45) is 4.54. The summed E-state index contributed by atoms with van der Waals surface area (Å²) in [4.78, 5) is 23.9. The smallest absolute Gasteiger partial charge is 0.354 e. The summed E-state index contributed by atoms with van der Waals surface area (Å²) in [5.74, 6) is -0.172. The number of nitrogens with zero attached hydrogens (tertiary/aromatic N) is 3. The Hall–Kier alpha value is -3.73. The number of hydrogen-bond acceptors (Lipinski definition) is 5. The molecular weight excluding hydrogens is 627 g/mol. The summed E-state index contributed by atoms with van der Waals surface area (Å²) >= 11 is 6.01. The zero-order chi connectivity index (χ0) is 35.9. The number of H-pyrrole nitrogens is 1. The Morgan fingerprint density at radius 1 is 1.00 bits per heavy atom. The highest BCUT2D eigenvalue weighted by atomic mass is 35.5. The van der Waals surface area contributed by atoms with E-state index in [-0.39, 0.29) is 38.7 Å². The van der Waals surface area contributed by atoms with Gasteiger partial charge in [0.2, 0.25) is 0 Å². The van der Waals surface area contributed by atoms with Gasteiger partial charge in [-0.3, -0.25) is 9.56 Å². The molecule has 0 aliphatic carbocycles. The van der Waals surface area contributed by atoms with E-state index in [0.29, 0.717) is 24.3 Å². The number of halogens is 2. The second-order valence-corrected chi connectivity index (χ2v) is 15.6. The number of nitrogens with two attached hydrogens (primary N) is 3. The van der Waals surface area contributed by atoms with Crippen LogP contribution in [-0.4, -0.2) is 40.1 Å². The Morgan fingerprint density at radius 2 is 1.67 bits per heavy atom. The number of rotatable bonds is 11. The van der Waals surface area contributed by atoms with Crippen molar-refractivity contribution >= 4 is 28.6 Å². The fourth-order valence-electron chi connectivity index (χ4n) is 4.92. The van der Waals surface area contributed by atoms with Gasteiger partial charge in [-0.2, -0.15) is 4.98 Å².